The first-order valence-corrected chi connectivity index (χ1v) is 6.23. The summed E-state index contributed by atoms with van der Waals surface area (Å²) in [5, 5.41) is 3.43. The van der Waals surface area contributed by atoms with E-state index in [1.54, 1.807) is 0 Å². The molecule has 0 spiro atoms. The molecular formula is C14H20N2. The Morgan fingerprint density at radius 3 is 2.50 bits per heavy atom. The highest BCUT2D eigenvalue weighted by molar-refractivity contribution is 5.82. The van der Waals surface area contributed by atoms with Crippen molar-refractivity contribution in [2.75, 3.05) is 6.54 Å². The van der Waals surface area contributed by atoms with Crippen LogP contribution in [0.5, 0.6) is 0 Å². The van der Waals surface area contributed by atoms with E-state index in [0.717, 1.165) is 25.9 Å². The van der Waals surface area contributed by atoms with E-state index in [2.05, 4.69) is 41.5 Å². The van der Waals surface area contributed by atoms with Crippen LogP contribution in [-0.2, 0) is 13.0 Å². The Hall–Kier alpha value is -1.31. The van der Waals surface area contributed by atoms with Crippen LogP contribution in [0.1, 0.15) is 37.3 Å². The number of hydrogen-bond acceptors (Lipinski definition) is 2. The van der Waals surface area contributed by atoms with Gasteiger partial charge in [0.2, 0.25) is 0 Å². The number of aryl methyl sites for hydroxylation is 1. The van der Waals surface area contributed by atoms with Gasteiger partial charge < -0.3 is 5.32 Å². The van der Waals surface area contributed by atoms with Gasteiger partial charge in [-0.2, -0.15) is 0 Å². The molecule has 1 heterocycles. The van der Waals surface area contributed by atoms with Crippen molar-refractivity contribution in [3.05, 3.63) is 35.4 Å². The lowest BCUT2D eigenvalue weighted by Crippen LogP contribution is -2.25. The minimum absolute atomic E-state index is 0.906. The van der Waals surface area contributed by atoms with Crippen molar-refractivity contribution in [2.24, 2.45) is 4.99 Å². The molecule has 1 aliphatic rings. The second-order valence-electron chi connectivity index (χ2n) is 4.31. The summed E-state index contributed by atoms with van der Waals surface area (Å²) in [7, 11) is 0. The number of benzene rings is 1. The Bertz CT molecular complexity index is 352. The van der Waals surface area contributed by atoms with Crippen LogP contribution in [0.2, 0.25) is 0 Å². The van der Waals surface area contributed by atoms with Crippen molar-refractivity contribution >= 4 is 5.84 Å². The molecule has 16 heavy (non-hydrogen) atoms. The maximum Gasteiger partial charge on any atom is 0.0965 e. The lowest BCUT2D eigenvalue weighted by Gasteiger charge is -2.14. The number of amidine groups is 1. The highest BCUT2D eigenvalue weighted by atomic mass is 15.0. The normalized spacial score (nSPS) is 15.7. The van der Waals surface area contributed by atoms with Gasteiger partial charge in [0, 0.05) is 19.5 Å². The Morgan fingerprint density at radius 1 is 1.12 bits per heavy atom. The monoisotopic (exact) mass is 216 g/mol. The first-order valence-electron chi connectivity index (χ1n) is 6.23. The fourth-order valence-electron chi connectivity index (χ4n) is 1.94. The van der Waals surface area contributed by atoms with Crippen LogP contribution in [-0.4, -0.2) is 12.4 Å². The fourth-order valence-corrected chi connectivity index (χ4v) is 1.94. The number of nitrogens with zero attached hydrogens (tertiary/aromatic N) is 1. The molecule has 1 aromatic carbocycles. The Kier molecular flexibility index (Phi) is 3.97. The van der Waals surface area contributed by atoms with Crippen LogP contribution in [0, 0.1) is 0 Å². The van der Waals surface area contributed by atoms with Crippen molar-refractivity contribution in [3.8, 4) is 0 Å². The molecule has 0 bridgehead atoms. The van der Waals surface area contributed by atoms with E-state index in [1.807, 2.05) is 0 Å². The zero-order valence-electron chi connectivity index (χ0n) is 10.00. The molecule has 0 radical (unpaired) electrons. The van der Waals surface area contributed by atoms with Crippen LogP contribution in [0.4, 0.5) is 0 Å². The molecule has 2 nitrogen and oxygen atoms in total. The summed E-state index contributed by atoms with van der Waals surface area (Å²) in [4.78, 5) is 4.48. The molecule has 1 aliphatic heterocycles. The number of rotatable bonds is 3. The molecule has 1 aromatic rings. The molecule has 0 saturated heterocycles. The molecule has 1 N–H and O–H groups in total. The van der Waals surface area contributed by atoms with Gasteiger partial charge in [0.25, 0.3) is 0 Å². The Labute approximate surface area is 97.8 Å². The molecule has 86 valence electrons. The van der Waals surface area contributed by atoms with Crippen LogP contribution >= 0.6 is 0 Å². The summed E-state index contributed by atoms with van der Waals surface area (Å²) in [5.41, 5.74) is 2.74. The van der Waals surface area contributed by atoms with Gasteiger partial charge in [0.1, 0.15) is 0 Å². The predicted octanol–water partition coefficient (Wildman–Crippen LogP) is 2.92. The number of aliphatic imine (C=N–C) groups is 1. The average Bonchev–Trinajstić information content (AvgIpc) is 2.38. The van der Waals surface area contributed by atoms with Gasteiger partial charge in [-0.1, -0.05) is 31.2 Å². The SMILES string of the molecule is CCc1ccc(CNC2=NCCCC2)cc1. The second-order valence-corrected chi connectivity index (χ2v) is 4.31. The largest absolute Gasteiger partial charge is 0.370 e. The zero-order valence-corrected chi connectivity index (χ0v) is 10.00. The quantitative estimate of drug-likeness (QED) is 0.825. The molecule has 0 unspecified atom stereocenters. The summed E-state index contributed by atoms with van der Waals surface area (Å²) in [6, 6.07) is 8.82. The molecule has 0 fully saturated rings. The third-order valence-corrected chi connectivity index (χ3v) is 3.05. The van der Waals surface area contributed by atoms with Gasteiger partial charge >= 0.3 is 0 Å². The molecule has 0 atom stereocenters. The predicted molar refractivity (Wildman–Crippen MR) is 68.8 cm³/mol. The topological polar surface area (TPSA) is 24.4 Å². The van der Waals surface area contributed by atoms with Crippen molar-refractivity contribution in [3.63, 3.8) is 0 Å². The minimum Gasteiger partial charge on any atom is -0.370 e. The Balaban J connectivity index is 1.86. The van der Waals surface area contributed by atoms with E-state index >= 15 is 0 Å². The van der Waals surface area contributed by atoms with Gasteiger partial charge in [-0.3, -0.25) is 4.99 Å². The maximum absolute atomic E-state index is 4.48. The molecule has 0 aromatic heterocycles. The van der Waals surface area contributed by atoms with Gasteiger partial charge in [0.05, 0.1) is 5.84 Å². The summed E-state index contributed by atoms with van der Waals surface area (Å²) < 4.78 is 0. The smallest absolute Gasteiger partial charge is 0.0965 e. The summed E-state index contributed by atoms with van der Waals surface area (Å²) in [5.74, 6) is 1.19. The lowest BCUT2D eigenvalue weighted by atomic mass is 10.1. The molecule has 2 heteroatoms. The molecular weight excluding hydrogens is 196 g/mol. The molecule has 2 rings (SSSR count). The maximum atomic E-state index is 4.48. The van der Waals surface area contributed by atoms with E-state index in [4.69, 9.17) is 0 Å². The number of hydrogen-bond donors (Lipinski definition) is 1. The van der Waals surface area contributed by atoms with Crippen LogP contribution in [0.25, 0.3) is 0 Å². The molecule has 0 amide bonds. The summed E-state index contributed by atoms with van der Waals surface area (Å²) in [6.45, 7) is 4.09. The van der Waals surface area contributed by atoms with Crippen molar-refractivity contribution < 1.29 is 0 Å². The van der Waals surface area contributed by atoms with E-state index in [1.165, 1.54) is 29.8 Å². The van der Waals surface area contributed by atoms with Crippen LogP contribution in [0.15, 0.2) is 29.3 Å². The van der Waals surface area contributed by atoms with Crippen molar-refractivity contribution in [1.82, 2.24) is 5.32 Å². The second kappa shape index (κ2) is 5.69. The average molecular weight is 216 g/mol. The zero-order chi connectivity index (χ0) is 11.2. The first kappa shape index (κ1) is 11.2. The number of nitrogens with one attached hydrogen (secondary N) is 1. The fraction of sp³-hybridized carbons (Fsp3) is 0.500. The van der Waals surface area contributed by atoms with E-state index < -0.39 is 0 Å². The molecule has 0 aliphatic carbocycles. The molecule has 0 saturated carbocycles. The van der Waals surface area contributed by atoms with Gasteiger partial charge in [-0.25, -0.2) is 0 Å². The van der Waals surface area contributed by atoms with E-state index in [-0.39, 0.29) is 0 Å². The van der Waals surface area contributed by atoms with Gasteiger partial charge in [-0.15, -0.1) is 0 Å². The standard InChI is InChI=1S/C14H20N2/c1-2-12-6-8-13(9-7-12)11-16-14-5-3-4-10-15-14/h6-9H,2-5,10-11H2,1H3,(H,15,16). The van der Waals surface area contributed by atoms with Gasteiger partial charge in [0.15, 0.2) is 0 Å². The van der Waals surface area contributed by atoms with Crippen molar-refractivity contribution in [2.45, 2.75) is 39.2 Å². The van der Waals surface area contributed by atoms with E-state index in [0.29, 0.717) is 0 Å². The Morgan fingerprint density at radius 2 is 1.88 bits per heavy atom. The first-order chi connectivity index (χ1) is 7.88. The van der Waals surface area contributed by atoms with E-state index in [9.17, 15) is 0 Å². The lowest BCUT2D eigenvalue weighted by molar-refractivity contribution is 0.706. The third-order valence-electron chi connectivity index (χ3n) is 3.05. The minimum atomic E-state index is 0.906. The van der Waals surface area contributed by atoms with Crippen LogP contribution in [0.3, 0.4) is 0 Å². The van der Waals surface area contributed by atoms with Crippen LogP contribution < -0.4 is 5.32 Å². The van der Waals surface area contributed by atoms with Crippen molar-refractivity contribution in [1.29, 1.82) is 0 Å². The third kappa shape index (κ3) is 3.09. The highest BCUT2D eigenvalue weighted by Gasteiger charge is 2.03. The summed E-state index contributed by atoms with van der Waals surface area (Å²) >= 11 is 0. The highest BCUT2D eigenvalue weighted by Crippen LogP contribution is 2.07. The van der Waals surface area contributed by atoms with Gasteiger partial charge in [-0.05, 0) is 30.4 Å². The summed E-state index contributed by atoms with van der Waals surface area (Å²) in [6.07, 6.45) is 4.75.